The molecule has 0 aliphatic heterocycles. The Bertz CT molecular complexity index is 370. The van der Waals surface area contributed by atoms with Crippen LogP contribution in [-0.2, 0) is 6.54 Å². The van der Waals surface area contributed by atoms with Gasteiger partial charge in [-0.25, -0.2) is 0 Å². The summed E-state index contributed by atoms with van der Waals surface area (Å²) in [5.74, 6) is 0. The third kappa shape index (κ3) is 2.90. The van der Waals surface area contributed by atoms with Gasteiger partial charge in [-0.2, -0.15) is 0 Å². The van der Waals surface area contributed by atoms with Crippen LogP contribution in [0, 0.1) is 6.92 Å². The molecule has 0 saturated carbocycles. The van der Waals surface area contributed by atoms with Crippen LogP contribution in [0.15, 0.2) is 34.8 Å². The zero-order valence-corrected chi connectivity index (χ0v) is 8.37. The van der Waals surface area contributed by atoms with Gasteiger partial charge >= 0.3 is 0 Å². The summed E-state index contributed by atoms with van der Waals surface area (Å²) in [6.45, 7) is 6.65. The van der Waals surface area contributed by atoms with Crippen LogP contribution in [0.1, 0.15) is 19.4 Å². The van der Waals surface area contributed by atoms with Crippen LogP contribution in [0.3, 0.4) is 0 Å². The zero-order valence-electron chi connectivity index (χ0n) is 8.37. The Kier molecular flexibility index (Phi) is 3.07. The van der Waals surface area contributed by atoms with Crippen LogP contribution >= 0.6 is 0 Å². The van der Waals surface area contributed by atoms with Gasteiger partial charge in [0.05, 0.1) is 0 Å². The molecule has 0 aliphatic rings. The van der Waals surface area contributed by atoms with Gasteiger partial charge in [-0.15, -0.1) is 0 Å². The molecular formula is C11H15NO. The van der Waals surface area contributed by atoms with Crippen LogP contribution < -0.4 is 5.56 Å². The molecule has 1 aromatic rings. The summed E-state index contributed by atoms with van der Waals surface area (Å²) in [6, 6.07) is 3.60. The fourth-order valence-electron chi connectivity index (χ4n) is 1.04. The normalized spacial score (nSPS) is 9.77. The number of aryl methyl sites for hydroxylation is 1. The maximum atomic E-state index is 11.4. The van der Waals surface area contributed by atoms with Gasteiger partial charge in [0.2, 0.25) is 0 Å². The summed E-state index contributed by atoms with van der Waals surface area (Å²) < 4.78 is 1.69. The molecule has 0 unspecified atom stereocenters. The largest absolute Gasteiger partial charge is 0.312 e. The van der Waals surface area contributed by atoms with Crippen LogP contribution in [0.25, 0.3) is 0 Å². The lowest BCUT2D eigenvalue weighted by Gasteiger charge is -2.01. The van der Waals surface area contributed by atoms with Crippen LogP contribution in [0.2, 0.25) is 0 Å². The summed E-state index contributed by atoms with van der Waals surface area (Å²) in [5.41, 5.74) is 2.31. The van der Waals surface area contributed by atoms with Crippen molar-refractivity contribution in [2.24, 2.45) is 0 Å². The van der Waals surface area contributed by atoms with Crippen molar-refractivity contribution in [3.8, 4) is 0 Å². The fraction of sp³-hybridized carbons (Fsp3) is 0.364. The van der Waals surface area contributed by atoms with Crippen LogP contribution in [0.4, 0.5) is 0 Å². The molecule has 2 nitrogen and oxygen atoms in total. The average molecular weight is 177 g/mol. The predicted octanol–water partition coefficient (Wildman–Crippen LogP) is 2.12. The lowest BCUT2D eigenvalue weighted by Crippen LogP contribution is -2.17. The molecule has 70 valence electrons. The first kappa shape index (κ1) is 9.78. The Morgan fingerprint density at radius 3 is 2.77 bits per heavy atom. The number of aromatic nitrogens is 1. The highest BCUT2D eigenvalue weighted by Crippen LogP contribution is 1.93. The van der Waals surface area contributed by atoms with E-state index in [0.717, 1.165) is 5.56 Å². The van der Waals surface area contributed by atoms with Gasteiger partial charge < -0.3 is 4.57 Å². The van der Waals surface area contributed by atoms with Gasteiger partial charge in [-0.05, 0) is 32.4 Å². The van der Waals surface area contributed by atoms with E-state index >= 15 is 0 Å². The number of pyridine rings is 1. The zero-order chi connectivity index (χ0) is 9.84. The minimum Gasteiger partial charge on any atom is -0.312 e. The van der Waals surface area contributed by atoms with Gasteiger partial charge in [0.25, 0.3) is 5.56 Å². The van der Waals surface area contributed by atoms with E-state index < -0.39 is 0 Å². The lowest BCUT2D eigenvalue weighted by molar-refractivity contribution is 0.772. The SMILES string of the molecule is CC(C)=CCn1ccc(C)cc1=O. The quantitative estimate of drug-likeness (QED) is 0.634. The lowest BCUT2D eigenvalue weighted by atomic mass is 10.3. The maximum absolute atomic E-state index is 11.4. The van der Waals surface area contributed by atoms with Crippen molar-refractivity contribution in [3.05, 3.63) is 45.9 Å². The molecule has 13 heavy (non-hydrogen) atoms. The van der Waals surface area contributed by atoms with Crippen molar-refractivity contribution in [2.75, 3.05) is 0 Å². The molecule has 1 heterocycles. The predicted molar refractivity (Wildman–Crippen MR) is 54.9 cm³/mol. The highest BCUT2D eigenvalue weighted by atomic mass is 16.1. The molecular weight excluding hydrogens is 162 g/mol. The highest BCUT2D eigenvalue weighted by Gasteiger charge is 1.92. The molecule has 0 radical (unpaired) electrons. The van der Waals surface area contributed by atoms with Gasteiger partial charge in [-0.1, -0.05) is 11.6 Å². The van der Waals surface area contributed by atoms with E-state index in [1.165, 1.54) is 5.57 Å². The van der Waals surface area contributed by atoms with Gasteiger partial charge in [0.15, 0.2) is 0 Å². The molecule has 0 N–H and O–H groups in total. The second-order valence-electron chi connectivity index (χ2n) is 3.48. The Morgan fingerprint density at radius 2 is 2.23 bits per heavy atom. The van der Waals surface area contributed by atoms with Crippen molar-refractivity contribution in [1.29, 1.82) is 0 Å². The first-order chi connectivity index (χ1) is 6.09. The molecule has 0 amide bonds. The van der Waals surface area contributed by atoms with Crippen molar-refractivity contribution in [3.63, 3.8) is 0 Å². The summed E-state index contributed by atoms with van der Waals surface area (Å²) in [5, 5.41) is 0. The number of hydrogen-bond donors (Lipinski definition) is 0. The Labute approximate surface area is 78.5 Å². The van der Waals surface area contributed by atoms with Gasteiger partial charge in [-0.3, -0.25) is 4.79 Å². The van der Waals surface area contributed by atoms with Crippen molar-refractivity contribution in [1.82, 2.24) is 4.57 Å². The third-order valence-corrected chi connectivity index (χ3v) is 1.85. The van der Waals surface area contributed by atoms with E-state index in [1.807, 2.05) is 39.1 Å². The average Bonchev–Trinajstić information content (AvgIpc) is 2.02. The number of rotatable bonds is 2. The second-order valence-corrected chi connectivity index (χ2v) is 3.48. The molecule has 1 aromatic heterocycles. The monoisotopic (exact) mass is 177 g/mol. The highest BCUT2D eigenvalue weighted by molar-refractivity contribution is 5.08. The Morgan fingerprint density at radius 1 is 1.54 bits per heavy atom. The molecule has 0 bridgehead atoms. The minimum absolute atomic E-state index is 0.0671. The minimum atomic E-state index is 0.0671. The molecule has 0 aliphatic carbocycles. The van der Waals surface area contributed by atoms with E-state index in [1.54, 1.807) is 10.6 Å². The van der Waals surface area contributed by atoms with Crippen LogP contribution in [0.5, 0.6) is 0 Å². The van der Waals surface area contributed by atoms with Gasteiger partial charge in [0.1, 0.15) is 0 Å². The second kappa shape index (κ2) is 4.08. The summed E-state index contributed by atoms with van der Waals surface area (Å²) in [4.78, 5) is 11.4. The smallest absolute Gasteiger partial charge is 0.251 e. The van der Waals surface area contributed by atoms with Gasteiger partial charge in [0, 0.05) is 18.8 Å². The standard InChI is InChI=1S/C11H15NO/c1-9(2)4-6-12-7-5-10(3)8-11(12)13/h4-5,7-8H,6H2,1-3H3. The van der Waals surface area contributed by atoms with E-state index in [4.69, 9.17) is 0 Å². The summed E-state index contributed by atoms with van der Waals surface area (Å²) >= 11 is 0. The van der Waals surface area contributed by atoms with E-state index in [9.17, 15) is 4.79 Å². The summed E-state index contributed by atoms with van der Waals surface area (Å²) in [7, 11) is 0. The fourth-order valence-corrected chi connectivity index (χ4v) is 1.04. The Hall–Kier alpha value is -1.31. The number of hydrogen-bond acceptors (Lipinski definition) is 1. The molecule has 0 fully saturated rings. The third-order valence-electron chi connectivity index (χ3n) is 1.85. The Balaban J connectivity index is 2.91. The van der Waals surface area contributed by atoms with E-state index in [2.05, 4.69) is 0 Å². The van der Waals surface area contributed by atoms with E-state index in [-0.39, 0.29) is 5.56 Å². The van der Waals surface area contributed by atoms with Crippen molar-refractivity contribution >= 4 is 0 Å². The maximum Gasteiger partial charge on any atom is 0.251 e. The van der Waals surface area contributed by atoms with Crippen molar-refractivity contribution in [2.45, 2.75) is 27.3 Å². The first-order valence-corrected chi connectivity index (χ1v) is 4.40. The number of nitrogens with zero attached hydrogens (tertiary/aromatic N) is 1. The van der Waals surface area contributed by atoms with Crippen molar-refractivity contribution < 1.29 is 0 Å². The molecule has 0 saturated heterocycles. The van der Waals surface area contributed by atoms with E-state index in [0.29, 0.717) is 6.54 Å². The van der Waals surface area contributed by atoms with Crippen LogP contribution in [-0.4, -0.2) is 4.57 Å². The molecule has 1 rings (SSSR count). The topological polar surface area (TPSA) is 22.0 Å². The molecule has 2 heteroatoms. The molecule has 0 spiro atoms. The first-order valence-electron chi connectivity index (χ1n) is 4.40. The summed E-state index contributed by atoms with van der Waals surface area (Å²) in [6.07, 6.45) is 3.87. The molecule has 0 atom stereocenters. The number of allylic oxidation sites excluding steroid dienone is 2. The molecule has 0 aromatic carbocycles.